The second-order valence-corrected chi connectivity index (χ2v) is 7.63. The monoisotopic (exact) mass is 460 g/mol. The van der Waals surface area contributed by atoms with Crippen molar-refractivity contribution >= 4 is 56.5 Å². The minimum atomic E-state index is -1.05. The van der Waals surface area contributed by atoms with E-state index >= 15 is 0 Å². The average molecular weight is 461 g/mol. The average Bonchev–Trinajstić information content (AvgIpc) is 2.96. The molecule has 6 nitrogen and oxygen atoms in total. The third-order valence-electron chi connectivity index (χ3n) is 3.79. The molecule has 3 rings (SSSR count). The predicted octanol–water partition coefficient (Wildman–Crippen LogP) is 4.54. The first-order valence-corrected chi connectivity index (χ1v) is 10.1. The molecule has 0 spiro atoms. The van der Waals surface area contributed by atoms with Gasteiger partial charge in [0, 0.05) is 6.54 Å². The van der Waals surface area contributed by atoms with E-state index in [1.54, 1.807) is 29.2 Å². The summed E-state index contributed by atoms with van der Waals surface area (Å²) in [6, 6.07) is 14.7. The van der Waals surface area contributed by atoms with Crippen LogP contribution in [0, 0.1) is 0 Å². The number of nitrogens with zero attached hydrogens (tertiary/aromatic N) is 2. The molecule has 1 fully saturated rings. The number of thioether (sulfide) groups is 1. The third kappa shape index (κ3) is 4.82. The van der Waals surface area contributed by atoms with Crippen LogP contribution in [0.25, 0.3) is 6.08 Å². The summed E-state index contributed by atoms with van der Waals surface area (Å²) in [6.07, 6.45) is 1.79. The van der Waals surface area contributed by atoms with Crippen molar-refractivity contribution in [3.05, 3.63) is 63.5 Å². The van der Waals surface area contributed by atoms with Gasteiger partial charge in [-0.05, 0) is 70.5 Å². The van der Waals surface area contributed by atoms with Gasteiger partial charge < -0.3 is 9.84 Å². The zero-order chi connectivity index (χ0) is 20.1. The largest absolute Gasteiger partial charge is 0.481 e. The van der Waals surface area contributed by atoms with Gasteiger partial charge in [-0.25, -0.2) is 9.79 Å². The molecule has 2 aromatic carbocycles. The summed E-state index contributed by atoms with van der Waals surface area (Å²) in [4.78, 5) is 30.2. The standard InChI is InChI=1S/C20H17BrN2O4S/c1-2-23-19(26)17(28-20(23)22-14-6-4-3-5-7-14)11-13-8-9-16(15(21)10-13)27-12-18(24)25/h3-11H,2,12H2,1H3,(H,24,25)/b17-11+,22-20?. The molecule has 0 unspecified atom stereocenters. The molecule has 0 aliphatic carbocycles. The quantitative estimate of drug-likeness (QED) is 0.640. The predicted molar refractivity (Wildman–Crippen MR) is 114 cm³/mol. The van der Waals surface area contributed by atoms with Gasteiger partial charge in [0.05, 0.1) is 15.1 Å². The second-order valence-electron chi connectivity index (χ2n) is 5.76. The number of carbonyl (C=O) groups excluding carboxylic acids is 1. The summed E-state index contributed by atoms with van der Waals surface area (Å²) in [5.41, 5.74) is 1.59. The Bertz CT molecular complexity index is 960. The van der Waals surface area contributed by atoms with Crippen LogP contribution >= 0.6 is 27.7 Å². The van der Waals surface area contributed by atoms with Gasteiger partial charge in [-0.3, -0.25) is 9.69 Å². The van der Waals surface area contributed by atoms with Gasteiger partial charge >= 0.3 is 5.97 Å². The van der Waals surface area contributed by atoms with Crippen LogP contribution in [0.4, 0.5) is 5.69 Å². The molecule has 1 aliphatic heterocycles. The van der Waals surface area contributed by atoms with Crippen molar-refractivity contribution in [2.24, 2.45) is 4.99 Å². The van der Waals surface area contributed by atoms with Gasteiger partial charge in [-0.15, -0.1) is 0 Å². The van der Waals surface area contributed by atoms with Crippen LogP contribution in [-0.4, -0.2) is 40.2 Å². The van der Waals surface area contributed by atoms with Crippen molar-refractivity contribution < 1.29 is 19.4 Å². The molecular weight excluding hydrogens is 444 g/mol. The summed E-state index contributed by atoms with van der Waals surface area (Å²) < 4.78 is 5.81. The maximum Gasteiger partial charge on any atom is 0.341 e. The van der Waals surface area contributed by atoms with E-state index in [1.165, 1.54) is 11.8 Å². The van der Waals surface area contributed by atoms with E-state index in [4.69, 9.17) is 9.84 Å². The second kappa shape index (κ2) is 9.07. The maximum absolute atomic E-state index is 12.7. The Morgan fingerprint density at radius 2 is 2.04 bits per heavy atom. The van der Waals surface area contributed by atoms with Crippen LogP contribution in [0.5, 0.6) is 5.75 Å². The van der Waals surface area contributed by atoms with Crippen molar-refractivity contribution in [3.8, 4) is 5.75 Å². The molecule has 2 aromatic rings. The number of ether oxygens (including phenoxy) is 1. The molecule has 1 heterocycles. The highest BCUT2D eigenvalue weighted by Gasteiger charge is 2.32. The molecular formula is C20H17BrN2O4S. The fourth-order valence-electron chi connectivity index (χ4n) is 2.50. The first kappa shape index (κ1) is 20.2. The number of benzene rings is 2. The SMILES string of the molecule is CCN1C(=O)/C(=C\c2ccc(OCC(=O)O)c(Br)c2)SC1=Nc1ccccc1. The number of halogens is 1. The first-order valence-electron chi connectivity index (χ1n) is 8.47. The normalized spacial score (nSPS) is 16.8. The minimum absolute atomic E-state index is 0.0930. The Labute approximate surface area is 175 Å². The lowest BCUT2D eigenvalue weighted by atomic mass is 10.2. The fourth-order valence-corrected chi connectivity index (χ4v) is 4.07. The molecule has 8 heteroatoms. The Morgan fingerprint density at radius 3 is 2.68 bits per heavy atom. The first-order chi connectivity index (χ1) is 13.5. The van der Waals surface area contributed by atoms with E-state index in [-0.39, 0.29) is 5.91 Å². The number of carboxylic acids is 1. The Kier molecular flexibility index (Phi) is 6.53. The molecule has 0 bridgehead atoms. The number of amidine groups is 1. The summed E-state index contributed by atoms with van der Waals surface area (Å²) in [5, 5.41) is 9.36. The molecule has 1 N–H and O–H groups in total. The highest BCUT2D eigenvalue weighted by Crippen LogP contribution is 2.35. The highest BCUT2D eigenvalue weighted by atomic mass is 79.9. The van der Waals surface area contributed by atoms with Crippen LogP contribution < -0.4 is 4.74 Å². The van der Waals surface area contributed by atoms with Gasteiger partial charge in [-0.1, -0.05) is 24.3 Å². The number of hydrogen-bond donors (Lipinski definition) is 1. The summed E-state index contributed by atoms with van der Waals surface area (Å²) >= 11 is 4.70. The molecule has 0 atom stereocenters. The molecule has 0 aromatic heterocycles. The van der Waals surface area contributed by atoms with E-state index in [1.807, 2.05) is 37.3 Å². The van der Waals surface area contributed by atoms with Crippen molar-refractivity contribution in [3.63, 3.8) is 0 Å². The summed E-state index contributed by atoms with van der Waals surface area (Å²) in [6.45, 7) is 2.02. The van der Waals surface area contributed by atoms with Gasteiger partial charge in [0.2, 0.25) is 0 Å². The molecule has 28 heavy (non-hydrogen) atoms. The number of likely N-dealkylation sites (N-methyl/N-ethyl adjacent to an activating group) is 1. The van der Waals surface area contributed by atoms with Crippen LogP contribution in [-0.2, 0) is 9.59 Å². The van der Waals surface area contributed by atoms with Gasteiger partial charge in [0.1, 0.15) is 5.75 Å². The molecule has 1 aliphatic rings. The van der Waals surface area contributed by atoms with Crippen LogP contribution in [0.15, 0.2) is 62.9 Å². The molecule has 0 radical (unpaired) electrons. The number of hydrogen-bond acceptors (Lipinski definition) is 5. The number of carbonyl (C=O) groups is 2. The molecule has 0 saturated carbocycles. The third-order valence-corrected chi connectivity index (χ3v) is 5.42. The smallest absolute Gasteiger partial charge is 0.341 e. The van der Waals surface area contributed by atoms with E-state index < -0.39 is 12.6 Å². The van der Waals surface area contributed by atoms with E-state index in [0.29, 0.717) is 26.8 Å². The number of amides is 1. The molecule has 1 amide bonds. The Morgan fingerprint density at radius 1 is 1.29 bits per heavy atom. The number of rotatable bonds is 6. The molecule has 144 valence electrons. The van der Waals surface area contributed by atoms with Crippen molar-refractivity contribution in [2.75, 3.05) is 13.2 Å². The number of para-hydroxylation sites is 1. The lowest BCUT2D eigenvalue weighted by Gasteiger charge is -2.11. The molecule has 1 saturated heterocycles. The number of aliphatic carboxylic acids is 1. The zero-order valence-electron chi connectivity index (χ0n) is 15.0. The fraction of sp³-hybridized carbons (Fsp3) is 0.150. The van der Waals surface area contributed by atoms with Crippen molar-refractivity contribution in [1.82, 2.24) is 4.90 Å². The van der Waals surface area contributed by atoms with Crippen molar-refractivity contribution in [2.45, 2.75) is 6.92 Å². The van der Waals surface area contributed by atoms with Gasteiger partial charge in [-0.2, -0.15) is 0 Å². The lowest BCUT2D eigenvalue weighted by molar-refractivity contribution is -0.139. The van der Waals surface area contributed by atoms with Crippen LogP contribution in [0.2, 0.25) is 0 Å². The van der Waals surface area contributed by atoms with E-state index in [2.05, 4.69) is 20.9 Å². The highest BCUT2D eigenvalue weighted by molar-refractivity contribution is 9.10. The summed E-state index contributed by atoms with van der Waals surface area (Å²) in [7, 11) is 0. The van der Waals surface area contributed by atoms with E-state index in [0.717, 1.165) is 11.3 Å². The zero-order valence-corrected chi connectivity index (χ0v) is 17.4. The topological polar surface area (TPSA) is 79.2 Å². The minimum Gasteiger partial charge on any atom is -0.481 e. The van der Waals surface area contributed by atoms with Crippen LogP contribution in [0.3, 0.4) is 0 Å². The van der Waals surface area contributed by atoms with Gasteiger partial charge in [0.25, 0.3) is 5.91 Å². The Balaban J connectivity index is 1.84. The number of aliphatic imine (C=N–C) groups is 1. The Hall–Kier alpha value is -2.58. The van der Waals surface area contributed by atoms with Gasteiger partial charge in [0.15, 0.2) is 11.8 Å². The number of carboxylic acid groups (broad SMARTS) is 1. The van der Waals surface area contributed by atoms with Crippen molar-refractivity contribution in [1.29, 1.82) is 0 Å². The maximum atomic E-state index is 12.7. The van der Waals surface area contributed by atoms with E-state index in [9.17, 15) is 9.59 Å². The lowest BCUT2D eigenvalue weighted by Crippen LogP contribution is -2.28. The summed E-state index contributed by atoms with van der Waals surface area (Å²) in [5.74, 6) is -0.711. The van der Waals surface area contributed by atoms with Crippen LogP contribution in [0.1, 0.15) is 12.5 Å².